The second-order valence-electron chi connectivity index (χ2n) is 6.31. The average molecular weight is 246 g/mol. The Labute approximate surface area is 108 Å². The Kier molecular flexibility index (Phi) is 3.02. The molecule has 1 fully saturated rings. The fourth-order valence-electron chi connectivity index (χ4n) is 3.66. The van der Waals surface area contributed by atoms with E-state index in [1.165, 1.54) is 18.7 Å². The van der Waals surface area contributed by atoms with E-state index in [1.807, 2.05) is 10.6 Å². The lowest BCUT2D eigenvalue weighted by Gasteiger charge is -2.43. The van der Waals surface area contributed by atoms with Gasteiger partial charge < -0.3 is 9.47 Å². The van der Waals surface area contributed by atoms with Gasteiger partial charge in [-0.25, -0.2) is 0 Å². The van der Waals surface area contributed by atoms with E-state index >= 15 is 0 Å². The Morgan fingerprint density at radius 1 is 1.28 bits per heavy atom. The van der Waals surface area contributed by atoms with Crippen molar-refractivity contribution in [3.8, 4) is 0 Å². The number of fused-ring (bicyclic) bond motifs is 4. The zero-order chi connectivity index (χ0) is 12.7. The first kappa shape index (κ1) is 12.0. The van der Waals surface area contributed by atoms with Crippen LogP contribution in [0.15, 0.2) is 23.0 Å². The van der Waals surface area contributed by atoms with Crippen LogP contribution in [0.3, 0.4) is 0 Å². The molecule has 2 unspecified atom stereocenters. The summed E-state index contributed by atoms with van der Waals surface area (Å²) in [7, 11) is 0. The second kappa shape index (κ2) is 4.54. The van der Waals surface area contributed by atoms with Gasteiger partial charge in [0.05, 0.1) is 0 Å². The SMILES string of the molecule is CC(C)CN1CC2CC(C1)c1cccc(=O)n1C2. The maximum Gasteiger partial charge on any atom is 0.250 e. The van der Waals surface area contributed by atoms with Gasteiger partial charge >= 0.3 is 0 Å². The highest BCUT2D eigenvalue weighted by Gasteiger charge is 2.34. The average Bonchev–Trinajstić information content (AvgIpc) is 2.29. The molecule has 98 valence electrons. The molecule has 0 N–H and O–H groups in total. The minimum Gasteiger partial charge on any atom is -0.312 e. The number of nitrogens with zero attached hydrogens (tertiary/aromatic N) is 2. The minimum absolute atomic E-state index is 0.180. The van der Waals surface area contributed by atoms with Crippen molar-refractivity contribution in [1.29, 1.82) is 0 Å². The third kappa shape index (κ3) is 2.12. The van der Waals surface area contributed by atoms with E-state index < -0.39 is 0 Å². The Bertz CT molecular complexity index is 492. The van der Waals surface area contributed by atoms with Crippen molar-refractivity contribution in [2.75, 3.05) is 19.6 Å². The topological polar surface area (TPSA) is 25.2 Å². The first-order valence-corrected chi connectivity index (χ1v) is 7.05. The predicted molar refractivity (Wildman–Crippen MR) is 72.8 cm³/mol. The first-order valence-electron chi connectivity index (χ1n) is 7.05. The molecule has 0 spiro atoms. The summed E-state index contributed by atoms with van der Waals surface area (Å²) in [4.78, 5) is 14.5. The highest BCUT2D eigenvalue weighted by atomic mass is 16.1. The summed E-state index contributed by atoms with van der Waals surface area (Å²) >= 11 is 0. The van der Waals surface area contributed by atoms with E-state index in [-0.39, 0.29) is 5.56 Å². The standard InChI is InChI=1S/C15H22N2O/c1-11(2)7-16-8-12-6-13(10-16)14-4-3-5-15(18)17(14)9-12/h3-5,11-13H,6-10H2,1-2H3. The van der Waals surface area contributed by atoms with E-state index in [0.717, 1.165) is 25.6 Å². The summed E-state index contributed by atoms with van der Waals surface area (Å²) in [5, 5.41) is 0. The van der Waals surface area contributed by atoms with Gasteiger partial charge in [-0.3, -0.25) is 4.79 Å². The van der Waals surface area contributed by atoms with Crippen LogP contribution in [0.25, 0.3) is 0 Å². The van der Waals surface area contributed by atoms with Gasteiger partial charge in [0, 0.05) is 43.9 Å². The largest absolute Gasteiger partial charge is 0.312 e. The number of pyridine rings is 1. The van der Waals surface area contributed by atoms with Crippen molar-refractivity contribution in [3.63, 3.8) is 0 Å². The molecule has 1 saturated heterocycles. The molecule has 1 aromatic heterocycles. The molecule has 2 aliphatic heterocycles. The van der Waals surface area contributed by atoms with Crippen LogP contribution in [0, 0.1) is 11.8 Å². The van der Waals surface area contributed by atoms with Crippen LogP contribution in [0.4, 0.5) is 0 Å². The van der Waals surface area contributed by atoms with Crippen LogP contribution >= 0.6 is 0 Å². The van der Waals surface area contributed by atoms with Gasteiger partial charge in [0.2, 0.25) is 0 Å². The van der Waals surface area contributed by atoms with Gasteiger partial charge in [0.25, 0.3) is 5.56 Å². The Balaban J connectivity index is 1.88. The molecule has 18 heavy (non-hydrogen) atoms. The molecule has 0 radical (unpaired) electrons. The van der Waals surface area contributed by atoms with Crippen molar-refractivity contribution >= 4 is 0 Å². The summed E-state index contributed by atoms with van der Waals surface area (Å²) in [6, 6.07) is 5.74. The number of likely N-dealkylation sites (tertiary alicyclic amines) is 1. The number of piperidine rings is 1. The third-order valence-electron chi connectivity index (χ3n) is 4.18. The summed E-state index contributed by atoms with van der Waals surface area (Å²) < 4.78 is 2.01. The van der Waals surface area contributed by atoms with E-state index in [1.54, 1.807) is 6.07 Å². The van der Waals surface area contributed by atoms with Crippen LogP contribution in [0.2, 0.25) is 0 Å². The first-order chi connectivity index (χ1) is 8.63. The molecule has 3 rings (SSSR count). The lowest BCUT2D eigenvalue weighted by atomic mass is 9.83. The van der Waals surface area contributed by atoms with Crippen LogP contribution in [-0.2, 0) is 6.54 Å². The van der Waals surface area contributed by atoms with Gasteiger partial charge in [0.1, 0.15) is 0 Å². The monoisotopic (exact) mass is 246 g/mol. The highest BCUT2D eigenvalue weighted by molar-refractivity contribution is 5.16. The van der Waals surface area contributed by atoms with Gasteiger partial charge in [-0.1, -0.05) is 19.9 Å². The number of hydrogen-bond acceptors (Lipinski definition) is 2. The van der Waals surface area contributed by atoms with Crippen LogP contribution < -0.4 is 5.56 Å². The zero-order valence-corrected chi connectivity index (χ0v) is 11.3. The van der Waals surface area contributed by atoms with Gasteiger partial charge in [-0.2, -0.15) is 0 Å². The van der Waals surface area contributed by atoms with Crippen LogP contribution in [0.1, 0.15) is 31.9 Å². The zero-order valence-electron chi connectivity index (χ0n) is 11.3. The van der Waals surface area contributed by atoms with Crippen LogP contribution in [0.5, 0.6) is 0 Å². The summed E-state index contributed by atoms with van der Waals surface area (Å²) in [6.45, 7) is 8.95. The summed E-state index contributed by atoms with van der Waals surface area (Å²) in [6.07, 6.45) is 1.26. The highest BCUT2D eigenvalue weighted by Crippen LogP contribution is 2.34. The molecule has 3 nitrogen and oxygen atoms in total. The third-order valence-corrected chi connectivity index (χ3v) is 4.18. The lowest BCUT2D eigenvalue weighted by Crippen LogP contribution is -2.47. The lowest BCUT2D eigenvalue weighted by molar-refractivity contribution is 0.109. The molecule has 1 aromatic rings. The van der Waals surface area contributed by atoms with Gasteiger partial charge in [0.15, 0.2) is 0 Å². The van der Waals surface area contributed by atoms with E-state index in [2.05, 4.69) is 24.8 Å². The molecular weight excluding hydrogens is 224 g/mol. The van der Waals surface area contributed by atoms with Crippen molar-refractivity contribution in [2.45, 2.75) is 32.7 Å². The molecule has 2 atom stereocenters. The molecular formula is C15H22N2O. The smallest absolute Gasteiger partial charge is 0.250 e. The normalized spacial score (nSPS) is 27.3. The van der Waals surface area contributed by atoms with E-state index in [4.69, 9.17) is 0 Å². The van der Waals surface area contributed by atoms with E-state index in [0.29, 0.717) is 11.8 Å². The summed E-state index contributed by atoms with van der Waals surface area (Å²) in [5.74, 6) is 1.95. The van der Waals surface area contributed by atoms with E-state index in [9.17, 15) is 4.79 Å². The number of rotatable bonds is 2. The van der Waals surface area contributed by atoms with Gasteiger partial charge in [-0.15, -0.1) is 0 Å². The van der Waals surface area contributed by atoms with Crippen molar-refractivity contribution in [3.05, 3.63) is 34.2 Å². The Hall–Kier alpha value is -1.09. The Morgan fingerprint density at radius 2 is 2.11 bits per heavy atom. The molecule has 0 aliphatic carbocycles. The number of hydrogen-bond donors (Lipinski definition) is 0. The molecule has 2 bridgehead atoms. The molecule has 0 saturated carbocycles. The maximum absolute atomic E-state index is 11.9. The van der Waals surface area contributed by atoms with Crippen LogP contribution in [-0.4, -0.2) is 29.1 Å². The molecule has 2 aliphatic rings. The molecule has 0 amide bonds. The molecule has 3 heterocycles. The fourth-order valence-corrected chi connectivity index (χ4v) is 3.66. The second-order valence-corrected chi connectivity index (χ2v) is 6.31. The molecule has 3 heteroatoms. The fraction of sp³-hybridized carbons (Fsp3) is 0.667. The van der Waals surface area contributed by atoms with Crippen molar-refractivity contribution in [2.24, 2.45) is 11.8 Å². The Morgan fingerprint density at radius 3 is 2.89 bits per heavy atom. The maximum atomic E-state index is 11.9. The van der Waals surface area contributed by atoms with Gasteiger partial charge in [-0.05, 0) is 24.3 Å². The van der Waals surface area contributed by atoms with Crippen molar-refractivity contribution in [1.82, 2.24) is 9.47 Å². The predicted octanol–water partition coefficient (Wildman–Crippen LogP) is 1.92. The summed E-state index contributed by atoms with van der Waals surface area (Å²) in [5.41, 5.74) is 1.44. The quantitative estimate of drug-likeness (QED) is 0.796. The number of aromatic nitrogens is 1. The minimum atomic E-state index is 0.180. The van der Waals surface area contributed by atoms with Crippen molar-refractivity contribution < 1.29 is 0 Å². The molecule has 0 aromatic carbocycles.